The molecule has 88 valence electrons. The molecule has 0 radical (unpaired) electrons. The van der Waals surface area contributed by atoms with Crippen LogP contribution in [0.1, 0.15) is 39.5 Å². The molecule has 0 aromatic carbocycles. The van der Waals surface area contributed by atoms with Crippen LogP contribution < -0.4 is 11.1 Å². The first-order chi connectivity index (χ1) is 7.15. The SMILES string of the molecule is CCC(CC)(CO)CN=C(N)NC1CC1. The lowest BCUT2D eigenvalue weighted by molar-refractivity contribution is 0.123. The van der Waals surface area contributed by atoms with Crippen LogP contribution in [0.5, 0.6) is 0 Å². The Hall–Kier alpha value is -0.770. The number of hydrogen-bond donors (Lipinski definition) is 3. The number of hydrogen-bond acceptors (Lipinski definition) is 2. The van der Waals surface area contributed by atoms with Crippen LogP contribution >= 0.6 is 0 Å². The third-order valence-electron chi connectivity index (χ3n) is 3.35. The highest BCUT2D eigenvalue weighted by molar-refractivity contribution is 5.78. The molecule has 0 amide bonds. The lowest BCUT2D eigenvalue weighted by Crippen LogP contribution is -2.36. The molecule has 0 bridgehead atoms. The molecule has 0 heterocycles. The quantitative estimate of drug-likeness (QED) is 0.452. The van der Waals surface area contributed by atoms with Crippen LogP contribution in [0, 0.1) is 5.41 Å². The van der Waals surface area contributed by atoms with Crippen molar-refractivity contribution in [2.75, 3.05) is 13.2 Å². The Balaban J connectivity index is 2.42. The molecular weight excluding hydrogens is 190 g/mol. The van der Waals surface area contributed by atoms with E-state index in [1.165, 1.54) is 12.8 Å². The molecule has 1 fully saturated rings. The fourth-order valence-electron chi connectivity index (χ4n) is 1.48. The first-order valence-electron chi connectivity index (χ1n) is 5.83. The Labute approximate surface area is 92.0 Å². The summed E-state index contributed by atoms with van der Waals surface area (Å²) < 4.78 is 0. The minimum absolute atomic E-state index is 0.0874. The molecule has 15 heavy (non-hydrogen) atoms. The number of nitrogens with two attached hydrogens (primary N) is 1. The molecule has 0 spiro atoms. The van der Waals surface area contributed by atoms with Crippen LogP contribution in [0.4, 0.5) is 0 Å². The van der Waals surface area contributed by atoms with Gasteiger partial charge in [-0.2, -0.15) is 0 Å². The van der Waals surface area contributed by atoms with Crippen LogP contribution in [-0.2, 0) is 0 Å². The van der Waals surface area contributed by atoms with Gasteiger partial charge in [-0.05, 0) is 25.7 Å². The minimum atomic E-state index is -0.0874. The van der Waals surface area contributed by atoms with Crippen molar-refractivity contribution >= 4 is 5.96 Å². The topological polar surface area (TPSA) is 70.6 Å². The summed E-state index contributed by atoms with van der Waals surface area (Å²) >= 11 is 0. The van der Waals surface area contributed by atoms with Crippen LogP contribution in [0.2, 0.25) is 0 Å². The van der Waals surface area contributed by atoms with Crippen LogP contribution in [0.15, 0.2) is 4.99 Å². The van der Waals surface area contributed by atoms with Crippen molar-refractivity contribution in [2.45, 2.75) is 45.6 Å². The van der Waals surface area contributed by atoms with Gasteiger partial charge in [-0.1, -0.05) is 13.8 Å². The zero-order valence-electron chi connectivity index (χ0n) is 9.79. The number of rotatable bonds is 6. The summed E-state index contributed by atoms with van der Waals surface area (Å²) in [4.78, 5) is 4.31. The van der Waals surface area contributed by atoms with Crippen LogP contribution in [0.3, 0.4) is 0 Å². The summed E-state index contributed by atoms with van der Waals surface area (Å²) in [6.45, 7) is 4.96. The van der Waals surface area contributed by atoms with Gasteiger partial charge in [0.2, 0.25) is 0 Å². The van der Waals surface area contributed by atoms with E-state index in [-0.39, 0.29) is 12.0 Å². The number of guanidine groups is 1. The summed E-state index contributed by atoms with van der Waals surface area (Å²) in [5, 5.41) is 12.5. The van der Waals surface area contributed by atoms with Gasteiger partial charge in [-0.25, -0.2) is 0 Å². The van der Waals surface area contributed by atoms with E-state index in [1.807, 2.05) is 0 Å². The second kappa shape index (κ2) is 5.35. The van der Waals surface area contributed by atoms with Crippen molar-refractivity contribution in [1.82, 2.24) is 5.32 Å². The summed E-state index contributed by atoms with van der Waals surface area (Å²) in [7, 11) is 0. The van der Waals surface area contributed by atoms with Gasteiger partial charge in [0.05, 0.1) is 13.2 Å². The Morgan fingerprint density at radius 1 is 1.47 bits per heavy atom. The Bertz CT molecular complexity index is 212. The minimum Gasteiger partial charge on any atom is -0.396 e. The summed E-state index contributed by atoms with van der Waals surface area (Å²) in [5.74, 6) is 0.525. The Morgan fingerprint density at radius 3 is 2.47 bits per heavy atom. The molecule has 4 N–H and O–H groups in total. The zero-order chi connectivity index (χ0) is 11.3. The third-order valence-corrected chi connectivity index (χ3v) is 3.35. The average Bonchev–Trinajstić information content (AvgIpc) is 3.05. The molecule has 0 aliphatic heterocycles. The lowest BCUT2D eigenvalue weighted by Gasteiger charge is -2.27. The highest BCUT2D eigenvalue weighted by atomic mass is 16.3. The van der Waals surface area contributed by atoms with Gasteiger partial charge in [0.1, 0.15) is 0 Å². The second-order valence-corrected chi connectivity index (χ2v) is 4.49. The maximum absolute atomic E-state index is 9.35. The summed E-state index contributed by atoms with van der Waals surface area (Å²) in [5.41, 5.74) is 5.66. The van der Waals surface area contributed by atoms with Crippen molar-refractivity contribution < 1.29 is 5.11 Å². The average molecular weight is 213 g/mol. The highest BCUT2D eigenvalue weighted by Crippen LogP contribution is 2.25. The van der Waals surface area contributed by atoms with E-state index in [2.05, 4.69) is 24.2 Å². The van der Waals surface area contributed by atoms with Gasteiger partial charge >= 0.3 is 0 Å². The molecule has 1 aliphatic rings. The standard InChI is InChI=1S/C11H23N3O/c1-3-11(4-2,8-15)7-13-10(12)14-9-5-6-9/h9,15H,3-8H2,1-2H3,(H3,12,13,14). The molecule has 1 saturated carbocycles. The Morgan fingerprint density at radius 2 is 2.07 bits per heavy atom. The van der Waals surface area contributed by atoms with E-state index < -0.39 is 0 Å². The fraction of sp³-hybridized carbons (Fsp3) is 0.909. The maximum Gasteiger partial charge on any atom is 0.188 e. The van der Waals surface area contributed by atoms with Gasteiger partial charge < -0.3 is 16.2 Å². The van der Waals surface area contributed by atoms with E-state index in [9.17, 15) is 5.11 Å². The van der Waals surface area contributed by atoms with Crippen LogP contribution in [0.25, 0.3) is 0 Å². The molecule has 4 heteroatoms. The van der Waals surface area contributed by atoms with Gasteiger partial charge in [0.25, 0.3) is 0 Å². The highest BCUT2D eigenvalue weighted by Gasteiger charge is 2.25. The van der Waals surface area contributed by atoms with E-state index in [0.29, 0.717) is 18.5 Å². The van der Waals surface area contributed by atoms with Crippen molar-refractivity contribution in [3.63, 3.8) is 0 Å². The van der Waals surface area contributed by atoms with Crippen molar-refractivity contribution in [3.05, 3.63) is 0 Å². The predicted octanol–water partition coefficient (Wildman–Crippen LogP) is 0.852. The molecular formula is C11H23N3O. The molecule has 1 rings (SSSR count). The van der Waals surface area contributed by atoms with Crippen molar-refractivity contribution in [1.29, 1.82) is 0 Å². The zero-order valence-corrected chi connectivity index (χ0v) is 9.79. The number of aliphatic hydroxyl groups excluding tert-OH is 1. The first kappa shape index (κ1) is 12.3. The molecule has 4 nitrogen and oxygen atoms in total. The lowest BCUT2D eigenvalue weighted by atomic mass is 9.83. The van der Waals surface area contributed by atoms with Crippen molar-refractivity contribution in [3.8, 4) is 0 Å². The summed E-state index contributed by atoms with van der Waals surface area (Å²) in [6, 6.07) is 0.542. The van der Waals surface area contributed by atoms with Crippen LogP contribution in [-0.4, -0.2) is 30.3 Å². The first-order valence-corrected chi connectivity index (χ1v) is 5.83. The van der Waals surface area contributed by atoms with Gasteiger partial charge in [0.15, 0.2) is 5.96 Å². The number of aliphatic imine (C=N–C) groups is 1. The van der Waals surface area contributed by atoms with E-state index in [1.54, 1.807) is 0 Å². The fourth-order valence-corrected chi connectivity index (χ4v) is 1.48. The second-order valence-electron chi connectivity index (χ2n) is 4.49. The number of aliphatic hydroxyl groups is 1. The number of nitrogens with one attached hydrogen (secondary N) is 1. The monoisotopic (exact) mass is 213 g/mol. The van der Waals surface area contributed by atoms with Gasteiger partial charge in [-0.3, -0.25) is 4.99 Å². The summed E-state index contributed by atoms with van der Waals surface area (Å²) in [6.07, 6.45) is 4.26. The molecule has 0 saturated heterocycles. The smallest absolute Gasteiger partial charge is 0.188 e. The molecule has 0 unspecified atom stereocenters. The molecule has 1 aliphatic carbocycles. The molecule has 0 aromatic rings. The number of nitrogens with zero attached hydrogens (tertiary/aromatic N) is 1. The predicted molar refractivity (Wildman–Crippen MR) is 62.7 cm³/mol. The van der Waals surface area contributed by atoms with Gasteiger partial charge in [-0.15, -0.1) is 0 Å². The Kier molecular flexibility index (Phi) is 4.39. The van der Waals surface area contributed by atoms with Crippen molar-refractivity contribution in [2.24, 2.45) is 16.1 Å². The van der Waals surface area contributed by atoms with Gasteiger partial charge in [0, 0.05) is 11.5 Å². The largest absolute Gasteiger partial charge is 0.396 e. The van der Waals surface area contributed by atoms with E-state index in [0.717, 1.165) is 12.8 Å². The molecule has 0 atom stereocenters. The van der Waals surface area contributed by atoms with E-state index >= 15 is 0 Å². The molecule has 0 aromatic heterocycles. The normalized spacial score (nSPS) is 17.9. The maximum atomic E-state index is 9.35. The third kappa shape index (κ3) is 3.70. The van der Waals surface area contributed by atoms with E-state index in [4.69, 9.17) is 5.73 Å².